The summed E-state index contributed by atoms with van der Waals surface area (Å²) in [6.45, 7) is 7.75. The zero-order valence-electron chi connectivity index (χ0n) is 7.83. The highest BCUT2D eigenvalue weighted by molar-refractivity contribution is 9.11. The smallest absolute Gasteiger partial charge is 0.0375 e. The quantitative estimate of drug-likeness (QED) is 0.612. The Balaban J connectivity index is 4.18. The zero-order chi connectivity index (χ0) is 10.4. The summed E-state index contributed by atoms with van der Waals surface area (Å²) < 4.78 is 1.20. The first-order valence-electron chi connectivity index (χ1n) is 3.95. The van der Waals surface area contributed by atoms with Crippen molar-refractivity contribution in [3.05, 3.63) is 32.8 Å². The molecule has 0 aliphatic heterocycles. The molecule has 0 N–H and O–H groups in total. The Kier molecular flexibility index (Phi) is 6.84. The van der Waals surface area contributed by atoms with Gasteiger partial charge in [-0.1, -0.05) is 51.3 Å². The minimum absolute atomic E-state index is 0.518. The van der Waals surface area contributed by atoms with E-state index in [4.69, 9.17) is 23.2 Å². The van der Waals surface area contributed by atoms with Crippen LogP contribution in [0.25, 0.3) is 0 Å². The number of halogens is 3. The van der Waals surface area contributed by atoms with Gasteiger partial charge in [-0.15, -0.1) is 0 Å². The van der Waals surface area contributed by atoms with Crippen molar-refractivity contribution < 1.29 is 0 Å². The van der Waals surface area contributed by atoms with E-state index in [0.717, 1.165) is 18.4 Å². The number of hydrogen-bond donors (Lipinski definition) is 0. The van der Waals surface area contributed by atoms with Crippen molar-refractivity contribution >= 4 is 39.1 Å². The summed E-state index contributed by atoms with van der Waals surface area (Å²) >= 11 is 14.8. The average molecular weight is 284 g/mol. The molecule has 0 nitrogen and oxygen atoms in total. The standard InChI is InChI=1S/C10H13BrCl2/c1-7(2)10(11)5-4-9(6-12)8(3)13/h6H,3-5H2,1-2H3. The van der Waals surface area contributed by atoms with Crippen LogP contribution in [-0.2, 0) is 0 Å². The van der Waals surface area contributed by atoms with Crippen molar-refractivity contribution in [3.63, 3.8) is 0 Å². The lowest BCUT2D eigenvalue weighted by Crippen LogP contribution is -1.84. The summed E-state index contributed by atoms with van der Waals surface area (Å²) in [5.74, 6) is 0. The van der Waals surface area contributed by atoms with Crippen molar-refractivity contribution in [1.29, 1.82) is 0 Å². The number of hydrogen-bond acceptors (Lipinski definition) is 0. The minimum atomic E-state index is 0.518. The molecule has 0 bridgehead atoms. The highest BCUT2D eigenvalue weighted by Gasteiger charge is 2.01. The maximum Gasteiger partial charge on any atom is 0.0375 e. The average Bonchev–Trinajstić information content (AvgIpc) is 2.04. The highest BCUT2D eigenvalue weighted by Crippen LogP contribution is 2.25. The highest BCUT2D eigenvalue weighted by atomic mass is 79.9. The Morgan fingerprint density at radius 1 is 1.38 bits per heavy atom. The predicted molar refractivity (Wildman–Crippen MR) is 65.5 cm³/mol. The SMILES string of the molecule is C=C(Cl)C(=CCl)CCC(Br)=C(C)C. The molecule has 0 saturated heterocycles. The van der Waals surface area contributed by atoms with Gasteiger partial charge in [0.25, 0.3) is 0 Å². The van der Waals surface area contributed by atoms with Crippen LogP contribution in [-0.4, -0.2) is 0 Å². The number of allylic oxidation sites excluding steroid dienone is 4. The van der Waals surface area contributed by atoms with E-state index in [0.29, 0.717) is 5.03 Å². The molecule has 13 heavy (non-hydrogen) atoms. The van der Waals surface area contributed by atoms with Gasteiger partial charge in [0.2, 0.25) is 0 Å². The molecule has 0 atom stereocenters. The Morgan fingerprint density at radius 2 is 1.92 bits per heavy atom. The molecule has 0 aromatic heterocycles. The summed E-state index contributed by atoms with van der Waals surface area (Å²) in [6, 6.07) is 0. The van der Waals surface area contributed by atoms with E-state index >= 15 is 0 Å². The van der Waals surface area contributed by atoms with E-state index in [1.54, 1.807) is 0 Å². The predicted octanol–water partition coefficient (Wildman–Crippen LogP) is 5.33. The molecule has 0 spiro atoms. The zero-order valence-corrected chi connectivity index (χ0v) is 10.9. The van der Waals surface area contributed by atoms with Crippen LogP contribution in [0.1, 0.15) is 26.7 Å². The Hall–Kier alpha value is 0.280. The summed E-state index contributed by atoms with van der Waals surface area (Å²) in [5, 5.41) is 0.518. The van der Waals surface area contributed by atoms with Gasteiger partial charge in [0.1, 0.15) is 0 Å². The van der Waals surface area contributed by atoms with Crippen LogP contribution < -0.4 is 0 Å². The van der Waals surface area contributed by atoms with E-state index in [1.165, 1.54) is 15.6 Å². The van der Waals surface area contributed by atoms with Crippen molar-refractivity contribution in [1.82, 2.24) is 0 Å². The van der Waals surface area contributed by atoms with Crippen LogP contribution in [0.3, 0.4) is 0 Å². The van der Waals surface area contributed by atoms with Crippen molar-refractivity contribution in [2.24, 2.45) is 0 Å². The molecule has 0 aromatic rings. The third-order valence-electron chi connectivity index (χ3n) is 1.64. The van der Waals surface area contributed by atoms with Gasteiger partial charge >= 0.3 is 0 Å². The molecule has 0 amide bonds. The monoisotopic (exact) mass is 282 g/mol. The van der Waals surface area contributed by atoms with Crippen LogP contribution in [0.15, 0.2) is 32.8 Å². The summed E-state index contributed by atoms with van der Waals surface area (Å²) in [4.78, 5) is 0. The van der Waals surface area contributed by atoms with E-state index in [1.807, 2.05) is 0 Å². The van der Waals surface area contributed by atoms with Gasteiger partial charge < -0.3 is 0 Å². The first-order valence-corrected chi connectivity index (χ1v) is 5.55. The lowest BCUT2D eigenvalue weighted by Gasteiger charge is -2.04. The molecule has 0 aliphatic rings. The Labute approximate surface area is 98.4 Å². The first kappa shape index (κ1) is 13.3. The second-order valence-electron chi connectivity index (χ2n) is 2.94. The molecule has 0 unspecified atom stereocenters. The van der Waals surface area contributed by atoms with Crippen molar-refractivity contribution in [2.75, 3.05) is 0 Å². The number of rotatable bonds is 4. The van der Waals surface area contributed by atoms with Gasteiger partial charge in [0, 0.05) is 10.6 Å². The molecular formula is C10H13BrCl2. The first-order chi connectivity index (χ1) is 5.99. The summed E-state index contributed by atoms with van der Waals surface area (Å²) in [7, 11) is 0. The normalized spacial score (nSPS) is 11.3. The maximum atomic E-state index is 5.73. The van der Waals surface area contributed by atoms with Crippen LogP contribution in [0, 0.1) is 0 Å². The van der Waals surface area contributed by atoms with E-state index in [9.17, 15) is 0 Å². The molecule has 74 valence electrons. The van der Waals surface area contributed by atoms with Crippen LogP contribution in [0.5, 0.6) is 0 Å². The van der Waals surface area contributed by atoms with Gasteiger partial charge in [-0.25, -0.2) is 0 Å². The van der Waals surface area contributed by atoms with Gasteiger partial charge in [-0.05, 0) is 36.7 Å². The fourth-order valence-electron chi connectivity index (χ4n) is 0.744. The van der Waals surface area contributed by atoms with Gasteiger partial charge in [-0.3, -0.25) is 0 Å². The summed E-state index contributed by atoms with van der Waals surface area (Å²) in [6.07, 6.45) is 1.73. The Morgan fingerprint density at radius 3 is 2.23 bits per heavy atom. The van der Waals surface area contributed by atoms with Gasteiger partial charge in [0.15, 0.2) is 0 Å². The molecule has 0 aromatic carbocycles. The Bertz CT molecular complexity index is 248. The topological polar surface area (TPSA) is 0 Å². The minimum Gasteiger partial charge on any atom is -0.0926 e. The molecule has 0 heterocycles. The van der Waals surface area contributed by atoms with Crippen LogP contribution >= 0.6 is 39.1 Å². The molecule has 0 rings (SSSR count). The van der Waals surface area contributed by atoms with Gasteiger partial charge in [-0.2, -0.15) is 0 Å². The summed E-state index contributed by atoms with van der Waals surface area (Å²) in [5.41, 5.74) is 3.65. The van der Waals surface area contributed by atoms with Crippen molar-refractivity contribution in [2.45, 2.75) is 26.7 Å². The lowest BCUT2D eigenvalue weighted by atomic mass is 10.1. The van der Waals surface area contributed by atoms with Crippen molar-refractivity contribution in [3.8, 4) is 0 Å². The van der Waals surface area contributed by atoms with Crippen LogP contribution in [0.4, 0.5) is 0 Å². The van der Waals surface area contributed by atoms with E-state index < -0.39 is 0 Å². The largest absolute Gasteiger partial charge is 0.0926 e. The second kappa shape index (κ2) is 6.69. The van der Waals surface area contributed by atoms with Gasteiger partial charge in [0.05, 0.1) is 0 Å². The molecule has 0 aliphatic carbocycles. The molecule has 0 saturated carbocycles. The molecule has 0 fully saturated rings. The van der Waals surface area contributed by atoms with E-state index in [2.05, 4.69) is 36.4 Å². The van der Waals surface area contributed by atoms with E-state index in [-0.39, 0.29) is 0 Å². The molecule has 3 heteroatoms. The third-order valence-corrected chi connectivity index (χ3v) is 3.33. The second-order valence-corrected chi connectivity index (χ2v) is 4.58. The fraction of sp³-hybridized carbons (Fsp3) is 0.400. The third kappa shape index (κ3) is 5.56. The fourth-order valence-corrected chi connectivity index (χ4v) is 1.39. The maximum absolute atomic E-state index is 5.73. The lowest BCUT2D eigenvalue weighted by molar-refractivity contribution is 0.982. The molecular weight excluding hydrogens is 271 g/mol. The van der Waals surface area contributed by atoms with Crippen LogP contribution in [0.2, 0.25) is 0 Å². The molecule has 0 radical (unpaired) electrons.